The zero-order chi connectivity index (χ0) is 17.9. The number of hydrogen-bond acceptors (Lipinski definition) is 3. The van der Waals surface area contributed by atoms with Crippen LogP contribution in [0.2, 0.25) is 0 Å². The van der Waals surface area contributed by atoms with Crippen LogP contribution in [0.1, 0.15) is 48.9 Å². The second-order valence-electron chi connectivity index (χ2n) is 8.64. The molecule has 6 rings (SSSR count). The quantitative estimate of drug-likeness (QED) is 0.449. The van der Waals surface area contributed by atoms with E-state index in [1.165, 1.54) is 19.3 Å². The zero-order valence-electron chi connectivity index (χ0n) is 14.6. The van der Waals surface area contributed by atoms with Gasteiger partial charge in [0.15, 0.2) is 6.61 Å². The minimum Gasteiger partial charge on any atom is -0.457 e. The number of halogens is 1. The molecule has 1 N–H and O–H groups in total. The Kier molecular flexibility index (Phi) is 3.62. The Morgan fingerprint density at radius 3 is 2.62 bits per heavy atom. The standard InChI is InChI=1S/C21H22BrNO3/c22-21-8-13-5-14(9-21)7-20(6-13,12-21)19(25)26-11-18(24)16-10-23-17-4-2-1-3-15(16)17/h1-4,10,13-14,23H,5-9,11-12H2. The number of aromatic nitrogens is 1. The second kappa shape index (κ2) is 5.69. The van der Waals surface area contributed by atoms with E-state index in [0.29, 0.717) is 17.4 Å². The third-order valence-corrected chi connectivity index (χ3v) is 7.57. The molecular weight excluding hydrogens is 394 g/mol. The summed E-state index contributed by atoms with van der Waals surface area (Å²) in [5, 5.41) is 0.878. The van der Waals surface area contributed by atoms with Crippen molar-refractivity contribution < 1.29 is 14.3 Å². The highest BCUT2D eigenvalue weighted by atomic mass is 79.9. The molecular formula is C21H22BrNO3. The van der Waals surface area contributed by atoms with Crippen LogP contribution in [0.4, 0.5) is 0 Å². The molecule has 4 bridgehead atoms. The summed E-state index contributed by atoms with van der Waals surface area (Å²) in [6, 6.07) is 7.68. The minimum atomic E-state index is -0.381. The van der Waals surface area contributed by atoms with Crippen LogP contribution < -0.4 is 0 Å². The SMILES string of the molecule is O=C(COC(=O)C12CC3CC(CC(Br)(C3)C1)C2)c1c[nH]c2ccccc12. The van der Waals surface area contributed by atoms with E-state index in [9.17, 15) is 9.59 Å². The fourth-order valence-electron chi connectivity index (χ4n) is 6.05. The first-order valence-electron chi connectivity index (χ1n) is 9.42. The van der Waals surface area contributed by atoms with Crippen molar-refractivity contribution in [2.45, 2.75) is 42.8 Å². The van der Waals surface area contributed by atoms with Crippen molar-refractivity contribution in [3.63, 3.8) is 0 Å². The molecule has 0 amide bonds. The summed E-state index contributed by atoms with van der Waals surface area (Å²) in [6.07, 6.45) is 8.01. The van der Waals surface area contributed by atoms with Crippen molar-refractivity contribution in [2.24, 2.45) is 17.3 Å². The lowest BCUT2D eigenvalue weighted by atomic mass is 9.49. The Bertz CT molecular complexity index is 888. The lowest BCUT2D eigenvalue weighted by molar-refractivity contribution is -0.168. The smallest absolute Gasteiger partial charge is 0.312 e. The van der Waals surface area contributed by atoms with E-state index in [1.54, 1.807) is 6.20 Å². The third-order valence-electron chi connectivity index (χ3n) is 6.65. The van der Waals surface area contributed by atoms with E-state index in [-0.39, 0.29) is 28.1 Å². The molecule has 4 fully saturated rings. The van der Waals surface area contributed by atoms with Gasteiger partial charge in [-0.25, -0.2) is 0 Å². The average Bonchev–Trinajstić information content (AvgIpc) is 3.01. The van der Waals surface area contributed by atoms with Gasteiger partial charge >= 0.3 is 5.97 Å². The minimum absolute atomic E-state index is 0.108. The number of ether oxygens (including phenoxy) is 1. The second-order valence-corrected chi connectivity index (χ2v) is 10.3. The van der Waals surface area contributed by atoms with Crippen LogP contribution in [-0.4, -0.2) is 27.7 Å². The van der Waals surface area contributed by atoms with Crippen LogP contribution in [0, 0.1) is 17.3 Å². The van der Waals surface area contributed by atoms with Crippen molar-refractivity contribution >= 4 is 38.6 Å². The number of benzene rings is 1. The number of ketones is 1. The number of rotatable bonds is 4. The summed E-state index contributed by atoms with van der Waals surface area (Å²) in [4.78, 5) is 28.7. The molecule has 0 radical (unpaired) electrons. The van der Waals surface area contributed by atoms with E-state index in [4.69, 9.17) is 4.74 Å². The van der Waals surface area contributed by atoms with Crippen LogP contribution in [0.25, 0.3) is 10.9 Å². The molecule has 5 heteroatoms. The predicted octanol–water partition coefficient (Wildman–Crippen LogP) is 4.63. The number of Topliss-reactive ketones (excluding diaryl/α,β-unsaturated/α-hetero) is 1. The molecule has 4 aliphatic rings. The van der Waals surface area contributed by atoms with E-state index in [2.05, 4.69) is 20.9 Å². The predicted molar refractivity (Wildman–Crippen MR) is 102 cm³/mol. The Labute approximate surface area is 160 Å². The highest BCUT2D eigenvalue weighted by Crippen LogP contribution is 2.64. The van der Waals surface area contributed by atoms with Crippen molar-refractivity contribution in [1.82, 2.24) is 4.98 Å². The van der Waals surface area contributed by atoms with Crippen LogP contribution in [-0.2, 0) is 9.53 Å². The van der Waals surface area contributed by atoms with Gasteiger partial charge in [0, 0.05) is 27.0 Å². The van der Waals surface area contributed by atoms with Crippen LogP contribution in [0.5, 0.6) is 0 Å². The number of aromatic amines is 1. The molecule has 4 saturated carbocycles. The number of carbonyl (C=O) groups excluding carboxylic acids is 2. The summed E-state index contributed by atoms with van der Waals surface area (Å²) in [6.45, 7) is -0.174. The molecule has 0 aliphatic heterocycles. The topological polar surface area (TPSA) is 59.2 Å². The summed E-state index contributed by atoms with van der Waals surface area (Å²) in [5.41, 5.74) is 1.13. The molecule has 0 spiro atoms. The van der Waals surface area contributed by atoms with Gasteiger partial charge in [0.05, 0.1) is 5.41 Å². The summed E-state index contributed by atoms with van der Waals surface area (Å²) in [5.74, 6) is 0.928. The highest BCUT2D eigenvalue weighted by Gasteiger charge is 2.60. The van der Waals surface area contributed by atoms with Crippen molar-refractivity contribution in [1.29, 1.82) is 0 Å². The maximum atomic E-state index is 13.0. The van der Waals surface area contributed by atoms with E-state index in [0.717, 1.165) is 30.2 Å². The summed E-state index contributed by atoms with van der Waals surface area (Å²) < 4.78 is 5.69. The van der Waals surface area contributed by atoms with E-state index >= 15 is 0 Å². The fourth-order valence-corrected chi connectivity index (χ4v) is 7.51. The molecule has 136 valence electrons. The number of carbonyl (C=O) groups is 2. The van der Waals surface area contributed by atoms with Gasteiger partial charge in [0.2, 0.25) is 5.78 Å². The first-order chi connectivity index (χ1) is 12.5. The number of alkyl halides is 1. The first-order valence-corrected chi connectivity index (χ1v) is 10.2. The number of hydrogen-bond donors (Lipinski definition) is 1. The summed E-state index contributed by atoms with van der Waals surface area (Å²) >= 11 is 3.92. The van der Waals surface area contributed by atoms with Crippen molar-refractivity contribution in [2.75, 3.05) is 6.61 Å². The Morgan fingerprint density at radius 1 is 1.15 bits per heavy atom. The van der Waals surface area contributed by atoms with E-state index < -0.39 is 0 Å². The monoisotopic (exact) mass is 415 g/mol. The van der Waals surface area contributed by atoms with Gasteiger partial charge in [0.1, 0.15) is 0 Å². The molecule has 4 nitrogen and oxygen atoms in total. The lowest BCUT2D eigenvalue weighted by Gasteiger charge is -2.58. The molecule has 2 unspecified atom stereocenters. The number of fused-ring (bicyclic) bond motifs is 1. The number of nitrogens with one attached hydrogen (secondary N) is 1. The Hall–Kier alpha value is -1.62. The number of esters is 1. The fraction of sp³-hybridized carbons (Fsp3) is 0.524. The molecule has 2 atom stereocenters. The number of H-pyrrole nitrogens is 1. The van der Waals surface area contributed by atoms with Gasteiger partial charge in [-0.3, -0.25) is 9.59 Å². The lowest BCUT2D eigenvalue weighted by Crippen LogP contribution is -2.56. The largest absolute Gasteiger partial charge is 0.457 e. The Balaban J connectivity index is 1.31. The molecule has 2 aromatic rings. The van der Waals surface area contributed by atoms with Crippen molar-refractivity contribution in [3.8, 4) is 0 Å². The van der Waals surface area contributed by atoms with Gasteiger partial charge in [-0.1, -0.05) is 34.1 Å². The number of para-hydroxylation sites is 1. The maximum Gasteiger partial charge on any atom is 0.312 e. The average molecular weight is 416 g/mol. The third kappa shape index (κ3) is 2.55. The van der Waals surface area contributed by atoms with E-state index in [1.807, 2.05) is 24.3 Å². The van der Waals surface area contributed by atoms with Crippen molar-refractivity contribution in [3.05, 3.63) is 36.0 Å². The molecule has 4 aliphatic carbocycles. The molecule has 0 saturated heterocycles. The first kappa shape index (κ1) is 16.5. The normalized spacial score (nSPS) is 35.0. The highest BCUT2D eigenvalue weighted by molar-refractivity contribution is 9.10. The van der Waals surface area contributed by atoms with Gasteiger partial charge in [-0.05, 0) is 56.4 Å². The maximum absolute atomic E-state index is 13.0. The van der Waals surface area contributed by atoms with Crippen LogP contribution >= 0.6 is 15.9 Å². The summed E-state index contributed by atoms with van der Waals surface area (Å²) in [7, 11) is 0. The molecule has 1 aromatic heterocycles. The zero-order valence-corrected chi connectivity index (χ0v) is 16.2. The molecule has 1 aromatic carbocycles. The van der Waals surface area contributed by atoms with Gasteiger partial charge < -0.3 is 9.72 Å². The van der Waals surface area contributed by atoms with Gasteiger partial charge in [-0.2, -0.15) is 0 Å². The molecule has 26 heavy (non-hydrogen) atoms. The van der Waals surface area contributed by atoms with Gasteiger partial charge in [-0.15, -0.1) is 0 Å². The van der Waals surface area contributed by atoms with Gasteiger partial charge in [0.25, 0.3) is 0 Å². The van der Waals surface area contributed by atoms with Crippen LogP contribution in [0.3, 0.4) is 0 Å². The molecule has 1 heterocycles. The van der Waals surface area contributed by atoms with Crippen LogP contribution in [0.15, 0.2) is 30.5 Å². The Morgan fingerprint density at radius 2 is 1.88 bits per heavy atom.